The number of rotatable bonds is 2. The van der Waals surface area contributed by atoms with E-state index in [0.717, 1.165) is 18.5 Å². The number of halogens is 2. The van der Waals surface area contributed by atoms with Crippen LogP contribution < -0.4 is 5.32 Å². The van der Waals surface area contributed by atoms with Gasteiger partial charge in [-0.2, -0.15) is 0 Å². The highest BCUT2D eigenvalue weighted by atomic mass is 79.9. The van der Waals surface area contributed by atoms with E-state index in [2.05, 4.69) is 21.2 Å². The molecule has 0 bridgehead atoms. The summed E-state index contributed by atoms with van der Waals surface area (Å²) in [5.74, 6) is -0.267. The third-order valence-corrected chi connectivity index (χ3v) is 4.09. The van der Waals surface area contributed by atoms with Crippen LogP contribution in [-0.4, -0.2) is 35.7 Å². The molecule has 2 rings (SSSR count). The summed E-state index contributed by atoms with van der Waals surface area (Å²) >= 11 is 3.35. The van der Waals surface area contributed by atoms with Crippen LogP contribution in [-0.2, 0) is 4.74 Å². The SMILES string of the molecule is CC(C)(C)OC(=O)N1CCC(Nc2ccc(F)cc2Br)CC1. The van der Waals surface area contributed by atoms with Gasteiger partial charge in [-0.3, -0.25) is 0 Å². The van der Waals surface area contributed by atoms with Crippen LogP contribution in [0.2, 0.25) is 0 Å². The van der Waals surface area contributed by atoms with Gasteiger partial charge in [0.15, 0.2) is 0 Å². The van der Waals surface area contributed by atoms with Gasteiger partial charge in [0, 0.05) is 29.3 Å². The van der Waals surface area contributed by atoms with Gasteiger partial charge >= 0.3 is 6.09 Å². The number of hydrogen-bond acceptors (Lipinski definition) is 3. The van der Waals surface area contributed by atoms with E-state index >= 15 is 0 Å². The molecule has 0 spiro atoms. The fourth-order valence-electron chi connectivity index (χ4n) is 2.36. The van der Waals surface area contributed by atoms with Crippen molar-refractivity contribution < 1.29 is 13.9 Å². The van der Waals surface area contributed by atoms with Crippen molar-refractivity contribution in [3.8, 4) is 0 Å². The van der Waals surface area contributed by atoms with Crippen LogP contribution in [0, 0.1) is 5.82 Å². The molecule has 0 saturated carbocycles. The molecule has 4 nitrogen and oxygen atoms in total. The molecule has 22 heavy (non-hydrogen) atoms. The second-order valence-electron chi connectivity index (χ2n) is 6.51. The van der Waals surface area contributed by atoms with Gasteiger partial charge in [0.05, 0.1) is 0 Å². The number of amides is 1. The predicted octanol–water partition coefficient (Wildman–Crippen LogP) is 4.40. The number of nitrogens with one attached hydrogen (secondary N) is 1. The van der Waals surface area contributed by atoms with Gasteiger partial charge in [0.1, 0.15) is 11.4 Å². The summed E-state index contributed by atoms with van der Waals surface area (Å²) in [7, 11) is 0. The zero-order valence-electron chi connectivity index (χ0n) is 13.2. The third-order valence-electron chi connectivity index (χ3n) is 3.44. The highest BCUT2D eigenvalue weighted by Crippen LogP contribution is 2.26. The minimum Gasteiger partial charge on any atom is -0.444 e. The highest BCUT2D eigenvalue weighted by Gasteiger charge is 2.26. The van der Waals surface area contributed by atoms with Crippen molar-refractivity contribution in [1.29, 1.82) is 0 Å². The van der Waals surface area contributed by atoms with Crippen molar-refractivity contribution in [2.75, 3.05) is 18.4 Å². The zero-order valence-corrected chi connectivity index (χ0v) is 14.7. The van der Waals surface area contributed by atoms with E-state index in [1.54, 1.807) is 11.0 Å². The second kappa shape index (κ2) is 6.86. The van der Waals surface area contributed by atoms with Gasteiger partial charge in [-0.05, 0) is 67.7 Å². The maximum atomic E-state index is 13.1. The molecule has 1 heterocycles. The Labute approximate surface area is 139 Å². The summed E-state index contributed by atoms with van der Waals surface area (Å²) in [5, 5.41) is 3.39. The van der Waals surface area contributed by atoms with Crippen molar-refractivity contribution >= 4 is 27.7 Å². The lowest BCUT2D eigenvalue weighted by Crippen LogP contribution is -2.44. The largest absolute Gasteiger partial charge is 0.444 e. The lowest BCUT2D eigenvalue weighted by molar-refractivity contribution is 0.0210. The first-order valence-corrected chi connectivity index (χ1v) is 8.23. The Balaban J connectivity index is 1.86. The summed E-state index contributed by atoms with van der Waals surface area (Å²) in [6, 6.07) is 4.86. The van der Waals surface area contributed by atoms with E-state index < -0.39 is 5.60 Å². The Morgan fingerprint density at radius 3 is 2.55 bits per heavy atom. The van der Waals surface area contributed by atoms with Crippen LogP contribution in [0.1, 0.15) is 33.6 Å². The van der Waals surface area contributed by atoms with Gasteiger partial charge < -0.3 is 15.0 Å². The van der Waals surface area contributed by atoms with Crippen molar-refractivity contribution in [3.63, 3.8) is 0 Å². The Morgan fingerprint density at radius 2 is 2.00 bits per heavy atom. The first-order chi connectivity index (χ1) is 10.2. The first kappa shape index (κ1) is 17.1. The van der Waals surface area contributed by atoms with Crippen molar-refractivity contribution in [2.45, 2.75) is 45.3 Å². The molecule has 0 aliphatic carbocycles. The maximum absolute atomic E-state index is 13.1. The Morgan fingerprint density at radius 1 is 1.36 bits per heavy atom. The van der Waals surface area contributed by atoms with Crippen LogP contribution in [0.3, 0.4) is 0 Å². The fourth-order valence-corrected chi connectivity index (χ4v) is 2.82. The van der Waals surface area contributed by atoms with Crippen LogP contribution in [0.5, 0.6) is 0 Å². The zero-order chi connectivity index (χ0) is 16.3. The summed E-state index contributed by atoms with van der Waals surface area (Å²) < 4.78 is 19.2. The molecule has 6 heteroatoms. The monoisotopic (exact) mass is 372 g/mol. The lowest BCUT2D eigenvalue weighted by atomic mass is 10.0. The van der Waals surface area contributed by atoms with Gasteiger partial charge in [-0.25, -0.2) is 9.18 Å². The molecule has 0 atom stereocenters. The van der Waals surface area contributed by atoms with Gasteiger partial charge in [0.2, 0.25) is 0 Å². The van der Waals surface area contributed by atoms with Gasteiger partial charge in [-0.15, -0.1) is 0 Å². The number of ether oxygens (including phenoxy) is 1. The fraction of sp³-hybridized carbons (Fsp3) is 0.562. The number of hydrogen-bond donors (Lipinski definition) is 1. The second-order valence-corrected chi connectivity index (χ2v) is 7.36. The van der Waals surface area contributed by atoms with E-state index in [9.17, 15) is 9.18 Å². The molecule has 0 radical (unpaired) electrons. The van der Waals surface area contributed by atoms with Crippen molar-refractivity contribution in [1.82, 2.24) is 4.90 Å². The molecule has 1 aromatic carbocycles. The molecule has 1 aliphatic heterocycles. The quantitative estimate of drug-likeness (QED) is 0.836. The minimum absolute atomic E-state index is 0.256. The first-order valence-electron chi connectivity index (χ1n) is 7.44. The van der Waals surface area contributed by atoms with E-state index in [1.807, 2.05) is 20.8 Å². The Bertz CT molecular complexity index is 537. The number of carbonyl (C=O) groups excluding carboxylic acids is 1. The average Bonchev–Trinajstić information content (AvgIpc) is 2.41. The smallest absolute Gasteiger partial charge is 0.410 e. The van der Waals surface area contributed by atoms with Gasteiger partial charge in [0.25, 0.3) is 0 Å². The molecule has 1 aliphatic rings. The normalized spacial score (nSPS) is 16.5. The third kappa shape index (κ3) is 4.87. The molecule has 1 N–H and O–H groups in total. The predicted molar refractivity (Wildman–Crippen MR) is 88.6 cm³/mol. The van der Waals surface area contributed by atoms with E-state index in [-0.39, 0.29) is 18.0 Å². The van der Waals surface area contributed by atoms with Crippen LogP contribution in [0.15, 0.2) is 22.7 Å². The molecule has 0 aromatic heterocycles. The van der Waals surface area contributed by atoms with Crippen LogP contribution >= 0.6 is 15.9 Å². The number of anilines is 1. The molecule has 1 amide bonds. The van der Waals surface area contributed by atoms with E-state index in [1.165, 1.54) is 12.1 Å². The van der Waals surface area contributed by atoms with Gasteiger partial charge in [-0.1, -0.05) is 0 Å². The van der Waals surface area contributed by atoms with Crippen LogP contribution in [0.25, 0.3) is 0 Å². The number of likely N-dealkylation sites (tertiary alicyclic amines) is 1. The molecule has 1 aromatic rings. The van der Waals surface area contributed by atoms with Crippen molar-refractivity contribution in [3.05, 3.63) is 28.5 Å². The number of carbonyl (C=O) groups is 1. The molecule has 1 fully saturated rings. The minimum atomic E-state index is -0.467. The van der Waals surface area contributed by atoms with E-state index in [0.29, 0.717) is 17.6 Å². The molecule has 1 saturated heterocycles. The average molecular weight is 373 g/mol. The topological polar surface area (TPSA) is 41.6 Å². The summed E-state index contributed by atoms with van der Waals surface area (Å²) in [6.45, 7) is 6.92. The summed E-state index contributed by atoms with van der Waals surface area (Å²) in [5.41, 5.74) is 0.405. The molecule has 122 valence electrons. The van der Waals surface area contributed by atoms with E-state index in [4.69, 9.17) is 4.74 Å². The molecule has 0 unspecified atom stereocenters. The maximum Gasteiger partial charge on any atom is 0.410 e. The Kier molecular flexibility index (Phi) is 5.32. The number of benzene rings is 1. The molecular formula is C16H22BrFN2O2. The molecular weight excluding hydrogens is 351 g/mol. The highest BCUT2D eigenvalue weighted by molar-refractivity contribution is 9.10. The number of nitrogens with zero attached hydrogens (tertiary/aromatic N) is 1. The number of piperidine rings is 1. The standard InChI is InChI=1S/C16H22BrFN2O2/c1-16(2,3)22-15(21)20-8-6-12(7-9-20)19-14-5-4-11(18)10-13(14)17/h4-5,10,12,19H,6-9H2,1-3H3. The van der Waals surface area contributed by atoms with Crippen molar-refractivity contribution in [2.24, 2.45) is 0 Å². The lowest BCUT2D eigenvalue weighted by Gasteiger charge is -2.34. The summed E-state index contributed by atoms with van der Waals surface area (Å²) in [4.78, 5) is 13.7. The Hall–Kier alpha value is -1.30. The van der Waals surface area contributed by atoms with Crippen LogP contribution in [0.4, 0.5) is 14.9 Å². The summed E-state index contributed by atoms with van der Waals surface area (Å²) in [6.07, 6.45) is 1.42.